The first-order valence-electron chi connectivity index (χ1n) is 2.85. The van der Waals surface area contributed by atoms with Crippen molar-refractivity contribution in [3.63, 3.8) is 0 Å². The summed E-state index contributed by atoms with van der Waals surface area (Å²) in [5.74, 6) is 0. The van der Waals surface area contributed by atoms with Gasteiger partial charge in [0.25, 0.3) is 0 Å². The van der Waals surface area contributed by atoms with Crippen molar-refractivity contribution in [1.29, 1.82) is 0 Å². The van der Waals surface area contributed by atoms with Crippen LogP contribution in [0.2, 0.25) is 0 Å². The molecule has 0 heterocycles. The van der Waals surface area contributed by atoms with E-state index in [0.29, 0.717) is 0 Å². The Morgan fingerprint density at radius 2 is 1.82 bits per heavy atom. The third-order valence-corrected chi connectivity index (χ3v) is 1.09. The summed E-state index contributed by atoms with van der Waals surface area (Å²) in [6.45, 7) is 0. The van der Waals surface area contributed by atoms with Crippen molar-refractivity contribution >= 4 is 23.5 Å². The van der Waals surface area contributed by atoms with Gasteiger partial charge in [0.05, 0.1) is 5.69 Å². The predicted octanol–water partition coefficient (Wildman–Crippen LogP) is 1.18. The van der Waals surface area contributed by atoms with Crippen LogP contribution >= 0.6 is 0 Å². The third-order valence-electron chi connectivity index (χ3n) is 0.995. The Hall–Kier alpha value is 0.0139. The van der Waals surface area contributed by atoms with Gasteiger partial charge in [0, 0.05) is 32.7 Å². The molecule has 2 nitrogen and oxygen atoms in total. The van der Waals surface area contributed by atoms with Gasteiger partial charge >= 0.3 is 0 Å². The van der Waals surface area contributed by atoms with Crippen molar-refractivity contribution in [1.82, 2.24) is 0 Å². The first-order valence-corrected chi connectivity index (χ1v) is 3.26. The van der Waals surface area contributed by atoms with Gasteiger partial charge in [-0.25, -0.2) is 0 Å². The molecule has 1 aromatic rings. The van der Waals surface area contributed by atoms with E-state index in [1.165, 1.54) is 0 Å². The van der Waals surface area contributed by atoms with Crippen molar-refractivity contribution in [3.8, 4) is 0 Å². The number of nitrogens with zero attached hydrogens (tertiary/aromatic N) is 1. The van der Waals surface area contributed by atoms with E-state index in [4.69, 9.17) is 5.73 Å². The maximum absolute atomic E-state index is 5.19. The van der Waals surface area contributed by atoms with Crippen LogP contribution in [0.15, 0.2) is 35.3 Å². The number of nitrogens with two attached hydrogens (primary N) is 1. The van der Waals surface area contributed by atoms with Crippen LogP contribution in [0.5, 0.6) is 0 Å². The Balaban J connectivity index is 0.000001000. The number of rotatable bonds is 1. The van der Waals surface area contributed by atoms with Gasteiger partial charge in [0.15, 0.2) is 0 Å². The second-order valence-corrected chi connectivity index (χ2v) is 2.20. The molecule has 1 radical (unpaired) electrons. The molecule has 0 amide bonds. The average molecular weight is 240 g/mol. The monoisotopic (exact) mass is 240 g/mol. The zero-order valence-corrected chi connectivity index (χ0v) is 9.55. The quantitative estimate of drug-likeness (QED) is 0.454. The van der Waals surface area contributed by atoms with E-state index in [1.54, 1.807) is 0 Å². The Bertz CT molecular complexity index is 231. The predicted molar refractivity (Wildman–Crippen MR) is 45.1 cm³/mol. The van der Waals surface area contributed by atoms with Crippen molar-refractivity contribution in [2.24, 2.45) is 10.7 Å². The molecule has 1 aromatic carbocycles. The Morgan fingerprint density at radius 1 is 1.27 bits per heavy atom. The van der Waals surface area contributed by atoms with Crippen LogP contribution in [0.3, 0.4) is 0 Å². The summed E-state index contributed by atoms with van der Waals surface area (Å²) in [6, 6.07) is 9.38. The van der Waals surface area contributed by atoms with Crippen molar-refractivity contribution in [3.05, 3.63) is 30.3 Å². The average Bonchev–Trinajstić information content (AvgIpc) is 1.88. The molecule has 0 saturated heterocycles. The van der Waals surface area contributed by atoms with Crippen molar-refractivity contribution < 1.29 is 32.7 Å². The molecule has 0 atom stereocenters. The Labute approximate surface area is 96.6 Å². The minimum Gasteiger partial charge on any atom is -0.743 e. The van der Waals surface area contributed by atoms with Gasteiger partial charge in [-0.05, 0) is 17.3 Å². The van der Waals surface area contributed by atoms with Crippen molar-refractivity contribution in [2.45, 2.75) is 0 Å². The SMILES string of the molecule is NC([S-])=Nc1ccccc1.[Y]. The van der Waals surface area contributed by atoms with E-state index in [2.05, 4.69) is 17.6 Å². The van der Waals surface area contributed by atoms with E-state index in [0.717, 1.165) is 5.69 Å². The molecular formula is C7H7N2SY-. The summed E-state index contributed by atoms with van der Waals surface area (Å²) in [6.07, 6.45) is 0. The van der Waals surface area contributed by atoms with Crippen LogP contribution in [0.25, 0.3) is 0 Å². The van der Waals surface area contributed by atoms with Crippen LogP contribution in [-0.2, 0) is 45.3 Å². The third kappa shape index (κ3) is 4.46. The molecule has 0 aliphatic heterocycles. The van der Waals surface area contributed by atoms with Gasteiger partial charge in [0.1, 0.15) is 0 Å². The first kappa shape index (κ1) is 11.0. The molecule has 0 fully saturated rings. The van der Waals surface area contributed by atoms with Gasteiger partial charge in [-0.3, -0.25) is 4.99 Å². The van der Waals surface area contributed by atoms with Gasteiger partial charge in [-0.2, -0.15) is 0 Å². The number of aliphatic imine (C=N–C) groups is 1. The Kier molecular flexibility index (Phi) is 5.64. The first-order chi connectivity index (χ1) is 4.79. The minimum atomic E-state index is 0. The summed E-state index contributed by atoms with van der Waals surface area (Å²) in [7, 11) is 0. The maximum Gasteiger partial charge on any atom is 0.0628 e. The largest absolute Gasteiger partial charge is 0.743 e. The minimum absolute atomic E-state index is 0. The molecule has 0 bridgehead atoms. The van der Waals surface area contributed by atoms with Gasteiger partial charge < -0.3 is 18.4 Å². The summed E-state index contributed by atoms with van der Waals surface area (Å²) < 4.78 is 0. The molecule has 2 N–H and O–H groups in total. The summed E-state index contributed by atoms with van der Waals surface area (Å²) >= 11 is 4.59. The summed E-state index contributed by atoms with van der Waals surface area (Å²) in [4.78, 5) is 3.87. The molecule has 0 aliphatic rings. The molecule has 0 saturated carbocycles. The number of hydrogen-bond donors (Lipinski definition) is 1. The molecule has 0 unspecified atom stereocenters. The fourth-order valence-electron chi connectivity index (χ4n) is 0.630. The molecule has 0 aromatic heterocycles. The molecule has 0 aliphatic carbocycles. The van der Waals surface area contributed by atoms with E-state index >= 15 is 0 Å². The van der Waals surface area contributed by atoms with Crippen molar-refractivity contribution in [2.75, 3.05) is 0 Å². The van der Waals surface area contributed by atoms with E-state index < -0.39 is 0 Å². The maximum atomic E-state index is 5.19. The zero-order chi connectivity index (χ0) is 7.40. The molecule has 1 rings (SSSR count). The van der Waals surface area contributed by atoms with Crippen LogP contribution in [0.4, 0.5) is 5.69 Å². The second kappa shape index (κ2) is 5.64. The fourth-order valence-corrected chi connectivity index (χ4v) is 0.735. The number of hydrogen-bond acceptors (Lipinski definition) is 2. The fraction of sp³-hybridized carbons (Fsp3) is 0. The smallest absolute Gasteiger partial charge is 0.0628 e. The van der Waals surface area contributed by atoms with Gasteiger partial charge in [-0.15, -0.1) is 0 Å². The Morgan fingerprint density at radius 3 is 2.27 bits per heavy atom. The molecule has 4 heteroatoms. The number of para-hydroxylation sites is 1. The van der Waals surface area contributed by atoms with Gasteiger partial charge in [-0.1, -0.05) is 18.2 Å². The molecule has 11 heavy (non-hydrogen) atoms. The van der Waals surface area contributed by atoms with Crippen LogP contribution in [0.1, 0.15) is 0 Å². The summed E-state index contributed by atoms with van der Waals surface area (Å²) in [5.41, 5.74) is 5.99. The number of benzene rings is 1. The molecular weight excluding hydrogens is 233 g/mol. The van der Waals surface area contributed by atoms with Crippen LogP contribution in [-0.4, -0.2) is 5.17 Å². The molecule has 55 valence electrons. The van der Waals surface area contributed by atoms with Crippen LogP contribution < -0.4 is 5.73 Å². The molecule has 0 spiro atoms. The van der Waals surface area contributed by atoms with E-state index in [-0.39, 0.29) is 37.9 Å². The number of amidine groups is 1. The second-order valence-electron chi connectivity index (χ2n) is 1.79. The summed E-state index contributed by atoms with van der Waals surface area (Å²) in [5, 5.41) is 0.172. The van der Waals surface area contributed by atoms with Gasteiger partial charge in [0.2, 0.25) is 0 Å². The van der Waals surface area contributed by atoms with E-state index in [9.17, 15) is 0 Å². The normalized spacial score (nSPS) is 10.4. The van der Waals surface area contributed by atoms with E-state index in [1.807, 2.05) is 30.3 Å². The zero-order valence-electron chi connectivity index (χ0n) is 5.90. The topological polar surface area (TPSA) is 38.4 Å². The van der Waals surface area contributed by atoms with Crippen LogP contribution in [0, 0.1) is 0 Å². The standard InChI is InChI=1S/C7H8N2S.Y/c8-7(10)9-6-4-2-1-3-5-6;/h1-5H,(H3,8,9,10);/p-1.